The van der Waals surface area contributed by atoms with Crippen LogP contribution in [0.2, 0.25) is 0 Å². The van der Waals surface area contributed by atoms with Crippen molar-refractivity contribution in [1.29, 1.82) is 0 Å². The summed E-state index contributed by atoms with van der Waals surface area (Å²) in [7, 11) is -2.33. The maximum Gasteiger partial charge on any atom is 0.219 e. The van der Waals surface area contributed by atoms with E-state index in [0.717, 1.165) is 11.1 Å². The van der Waals surface area contributed by atoms with Crippen molar-refractivity contribution >= 4 is 15.2 Å². The molecule has 2 aromatic rings. The second-order valence-corrected chi connectivity index (χ2v) is 6.12. The lowest BCUT2D eigenvalue weighted by molar-refractivity contribution is 0.474. The molecule has 1 aliphatic heterocycles. The van der Waals surface area contributed by atoms with Crippen LogP contribution in [0.15, 0.2) is 36.4 Å². The summed E-state index contributed by atoms with van der Waals surface area (Å²) < 4.78 is 22.8. The summed E-state index contributed by atoms with van der Waals surface area (Å²) in [6.07, 6.45) is 0.682. The Balaban J connectivity index is 2.19. The van der Waals surface area contributed by atoms with Gasteiger partial charge in [-0.05, 0) is 48.4 Å². The van der Waals surface area contributed by atoms with Crippen molar-refractivity contribution in [2.75, 3.05) is 13.1 Å². The predicted octanol–water partition coefficient (Wildman–Crippen LogP) is 1.31. The average molecular weight is 317 g/mol. The van der Waals surface area contributed by atoms with Crippen molar-refractivity contribution in [2.24, 2.45) is 0 Å². The fourth-order valence-electron chi connectivity index (χ4n) is 2.64. The number of fused-ring (bicyclic) bond motifs is 1. The molecule has 0 spiro atoms. The molecule has 1 heterocycles. The Kier molecular flexibility index (Phi) is 3.87. The SMILES string of the molecule is O=S(=O)=C1CNCCc2cc(-c3ccc(O)cc3)c(O)cc21. The molecular formula is C16H15NO4S. The van der Waals surface area contributed by atoms with Crippen LogP contribution in [-0.4, -0.2) is 36.6 Å². The van der Waals surface area contributed by atoms with Crippen molar-refractivity contribution in [3.05, 3.63) is 47.5 Å². The highest BCUT2D eigenvalue weighted by molar-refractivity contribution is 7.73. The molecule has 1 aliphatic rings. The molecule has 0 aliphatic carbocycles. The summed E-state index contributed by atoms with van der Waals surface area (Å²) in [5.74, 6) is 0.175. The normalized spacial score (nSPS) is 14.3. The van der Waals surface area contributed by atoms with E-state index in [1.54, 1.807) is 24.3 Å². The van der Waals surface area contributed by atoms with Crippen LogP contribution >= 0.6 is 0 Å². The molecule has 0 saturated heterocycles. The number of phenolic OH excluding ortho intramolecular Hbond substituents is 2. The predicted molar refractivity (Wildman–Crippen MR) is 84.8 cm³/mol. The van der Waals surface area contributed by atoms with E-state index < -0.39 is 10.3 Å². The van der Waals surface area contributed by atoms with Gasteiger partial charge in [-0.2, -0.15) is 8.42 Å². The molecule has 6 heteroatoms. The minimum absolute atomic E-state index is 0.0225. The zero-order valence-corrected chi connectivity index (χ0v) is 12.5. The van der Waals surface area contributed by atoms with Gasteiger partial charge in [-0.1, -0.05) is 12.1 Å². The van der Waals surface area contributed by atoms with Crippen LogP contribution in [0.25, 0.3) is 11.1 Å². The van der Waals surface area contributed by atoms with Gasteiger partial charge in [0.15, 0.2) is 0 Å². The first-order chi connectivity index (χ1) is 10.6. The van der Waals surface area contributed by atoms with Gasteiger partial charge >= 0.3 is 0 Å². The average Bonchev–Trinajstić information content (AvgIpc) is 2.69. The molecule has 0 bridgehead atoms. The maximum atomic E-state index is 11.4. The molecule has 0 radical (unpaired) electrons. The van der Waals surface area contributed by atoms with Crippen molar-refractivity contribution in [3.63, 3.8) is 0 Å². The van der Waals surface area contributed by atoms with Crippen molar-refractivity contribution in [2.45, 2.75) is 6.42 Å². The van der Waals surface area contributed by atoms with Crippen LogP contribution in [0.4, 0.5) is 0 Å². The smallest absolute Gasteiger partial charge is 0.219 e. The molecule has 5 nitrogen and oxygen atoms in total. The molecule has 114 valence electrons. The second-order valence-electron chi connectivity index (χ2n) is 5.16. The monoisotopic (exact) mass is 317 g/mol. The number of hydrogen-bond donors (Lipinski definition) is 3. The highest BCUT2D eigenvalue weighted by atomic mass is 32.2. The quantitative estimate of drug-likeness (QED) is 0.690. The first kappa shape index (κ1) is 14.6. The third-order valence-corrected chi connectivity index (χ3v) is 4.52. The van der Waals surface area contributed by atoms with Gasteiger partial charge in [-0.3, -0.25) is 0 Å². The first-order valence-corrected chi connectivity index (χ1v) is 7.95. The lowest BCUT2D eigenvalue weighted by Crippen LogP contribution is -2.22. The largest absolute Gasteiger partial charge is 0.508 e. The Hall–Kier alpha value is -2.31. The zero-order valence-electron chi connectivity index (χ0n) is 11.7. The van der Waals surface area contributed by atoms with Gasteiger partial charge in [0.1, 0.15) is 11.5 Å². The van der Waals surface area contributed by atoms with Gasteiger partial charge in [-0.25, -0.2) is 0 Å². The summed E-state index contributed by atoms with van der Waals surface area (Å²) in [5, 5.41) is 22.7. The fraction of sp³-hybridized carbons (Fsp3) is 0.188. The lowest BCUT2D eigenvalue weighted by atomic mass is 9.95. The van der Waals surface area contributed by atoms with E-state index in [0.29, 0.717) is 24.1 Å². The number of nitrogens with one attached hydrogen (secondary N) is 1. The Morgan fingerprint density at radius 2 is 1.73 bits per heavy atom. The standard InChI is InChI=1S/C16H15NO4S/c18-12-3-1-10(2-4-12)13-7-11-5-6-17-9-16(22(20)21)14(11)8-15(13)19/h1-4,7-8,17-19H,5-6,9H2. The third kappa shape index (κ3) is 2.70. The van der Waals surface area contributed by atoms with Crippen molar-refractivity contribution in [3.8, 4) is 22.6 Å². The van der Waals surface area contributed by atoms with E-state index in [9.17, 15) is 18.6 Å². The summed E-state index contributed by atoms with van der Waals surface area (Å²) in [4.78, 5) is 0.264. The number of benzene rings is 2. The van der Waals surface area contributed by atoms with Gasteiger partial charge in [0, 0.05) is 17.7 Å². The van der Waals surface area contributed by atoms with Crippen LogP contribution < -0.4 is 5.32 Å². The topological polar surface area (TPSA) is 86.6 Å². The molecule has 0 amide bonds. The van der Waals surface area contributed by atoms with Gasteiger partial charge < -0.3 is 15.5 Å². The lowest BCUT2D eigenvalue weighted by Gasteiger charge is -2.11. The van der Waals surface area contributed by atoms with E-state index >= 15 is 0 Å². The summed E-state index contributed by atoms with van der Waals surface area (Å²) in [5.41, 5.74) is 2.83. The van der Waals surface area contributed by atoms with E-state index in [4.69, 9.17) is 0 Å². The number of aromatic hydroxyl groups is 2. The molecular weight excluding hydrogens is 302 g/mol. The van der Waals surface area contributed by atoms with E-state index in [1.807, 2.05) is 6.07 Å². The summed E-state index contributed by atoms with van der Waals surface area (Å²) >= 11 is 0. The van der Waals surface area contributed by atoms with Crippen LogP contribution in [-0.2, 0) is 16.7 Å². The highest BCUT2D eigenvalue weighted by Gasteiger charge is 2.18. The third-order valence-electron chi connectivity index (χ3n) is 3.76. The van der Waals surface area contributed by atoms with Crippen LogP contribution in [0.3, 0.4) is 0 Å². The Labute approximate surface area is 129 Å². The van der Waals surface area contributed by atoms with E-state index in [1.165, 1.54) is 6.07 Å². The second kappa shape index (κ2) is 5.82. The van der Waals surface area contributed by atoms with Gasteiger partial charge in [0.25, 0.3) is 0 Å². The molecule has 0 fully saturated rings. The molecule has 3 rings (SSSR count). The molecule has 0 saturated carbocycles. The molecule has 2 aromatic carbocycles. The Morgan fingerprint density at radius 1 is 1.00 bits per heavy atom. The van der Waals surface area contributed by atoms with Crippen LogP contribution in [0, 0.1) is 0 Å². The van der Waals surface area contributed by atoms with Crippen LogP contribution in [0.5, 0.6) is 11.5 Å². The molecule has 0 aromatic heterocycles. The zero-order chi connectivity index (χ0) is 15.7. The molecule has 22 heavy (non-hydrogen) atoms. The number of hydrogen-bond acceptors (Lipinski definition) is 5. The Bertz CT molecular complexity index is 846. The van der Waals surface area contributed by atoms with Crippen molar-refractivity contribution in [1.82, 2.24) is 5.32 Å². The minimum atomic E-state index is -2.33. The molecule has 0 atom stereocenters. The summed E-state index contributed by atoms with van der Waals surface area (Å²) in [6, 6.07) is 9.84. The fourth-order valence-corrected chi connectivity index (χ4v) is 3.23. The molecule has 3 N–H and O–H groups in total. The number of phenols is 2. The van der Waals surface area contributed by atoms with Gasteiger partial charge in [-0.15, -0.1) is 0 Å². The number of rotatable bonds is 1. The van der Waals surface area contributed by atoms with Crippen molar-refractivity contribution < 1.29 is 18.6 Å². The summed E-state index contributed by atoms with van der Waals surface area (Å²) in [6.45, 7) is 0.939. The highest BCUT2D eigenvalue weighted by Crippen LogP contribution is 2.33. The van der Waals surface area contributed by atoms with E-state index in [2.05, 4.69) is 5.32 Å². The maximum absolute atomic E-state index is 11.4. The molecule has 0 unspecified atom stereocenters. The minimum Gasteiger partial charge on any atom is -0.508 e. The van der Waals surface area contributed by atoms with Gasteiger partial charge in [0.05, 0.1) is 4.86 Å². The van der Waals surface area contributed by atoms with E-state index in [-0.39, 0.29) is 22.9 Å². The van der Waals surface area contributed by atoms with Gasteiger partial charge in [0.2, 0.25) is 10.3 Å². The van der Waals surface area contributed by atoms with Crippen LogP contribution in [0.1, 0.15) is 11.1 Å². The Morgan fingerprint density at radius 3 is 2.41 bits per heavy atom. The first-order valence-electron chi connectivity index (χ1n) is 6.87.